The van der Waals surface area contributed by atoms with Gasteiger partial charge in [-0.05, 0) is 18.6 Å². The predicted molar refractivity (Wildman–Crippen MR) is 64.3 cm³/mol. The molecule has 0 saturated heterocycles. The van der Waals surface area contributed by atoms with Gasteiger partial charge in [0, 0.05) is 11.5 Å². The van der Waals surface area contributed by atoms with Crippen molar-refractivity contribution in [2.75, 3.05) is 5.73 Å². The zero-order valence-electron chi connectivity index (χ0n) is 9.97. The summed E-state index contributed by atoms with van der Waals surface area (Å²) < 4.78 is 0. The number of nitrogens with two attached hydrogens (primary N) is 1. The second kappa shape index (κ2) is 4.00. The first kappa shape index (κ1) is 11.9. The number of nitrogens with zero attached hydrogens (tertiary/aromatic N) is 1. The van der Waals surface area contributed by atoms with Crippen LogP contribution in [0.1, 0.15) is 30.8 Å². The number of nitrogen functional groups attached to an aromatic ring is 1. The van der Waals surface area contributed by atoms with Gasteiger partial charge in [-0.3, -0.25) is 4.79 Å². The predicted octanol–water partition coefficient (Wildman–Crippen LogP) is 0.553. The molecule has 4 N–H and O–H groups in total. The Morgan fingerprint density at radius 3 is 2.76 bits per heavy atom. The molecule has 17 heavy (non-hydrogen) atoms. The van der Waals surface area contributed by atoms with Gasteiger partial charge in [0.2, 0.25) is 0 Å². The first-order valence-electron chi connectivity index (χ1n) is 5.61. The standard InChI is InChI=1S/C12H17N3O2/c1-12(2)9(5-10(12)16)15-11(17)8-4-3-7(13)6-14-8/h3-4,6,9-10,16H,5,13H2,1-2H3,(H,15,17). The summed E-state index contributed by atoms with van der Waals surface area (Å²) in [5.74, 6) is -0.227. The molecule has 1 aliphatic carbocycles. The lowest BCUT2D eigenvalue weighted by atomic mass is 9.64. The lowest BCUT2D eigenvalue weighted by molar-refractivity contribution is -0.0690. The fourth-order valence-electron chi connectivity index (χ4n) is 1.92. The van der Waals surface area contributed by atoms with Crippen LogP contribution in [0.2, 0.25) is 0 Å². The average molecular weight is 235 g/mol. The number of aromatic nitrogens is 1. The Balaban J connectivity index is 2.01. The molecule has 0 radical (unpaired) electrons. The van der Waals surface area contributed by atoms with Crippen LogP contribution in [0.3, 0.4) is 0 Å². The van der Waals surface area contributed by atoms with E-state index in [-0.39, 0.29) is 23.5 Å². The topological polar surface area (TPSA) is 88.2 Å². The number of anilines is 1. The van der Waals surface area contributed by atoms with Crippen molar-refractivity contribution in [2.45, 2.75) is 32.4 Å². The largest absolute Gasteiger partial charge is 0.397 e. The third-order valence-electron chi connectivity index (χ3n) is 3.54. The van der Waals surface area contributed by atoms with E-state index in [0.717, 1.165) is 0 Å². The summed E-state index contributed by atoms with van der Waals surface area (Å²) in [5, 5.41) is 12.5. The van der Waals surface area contributed by atoms with Crippen LogP contribution in [0.4, 0.5) is 5.69 Å². The summed E-state index contributed by atoms with van der Waals surface area (Å²) in [7, 11) is 0. The van der Waals surface area contributed by atoms with Crippen LogP contribution in [0.15, 0.2) is 18.3 Å². The third kappa shape index (κ3) is 2.10. The van der Waals surface area contributed by atoms with E-state index in [2.05, 4.69) is 10.3 Å². The van der Waals surface area contributed by atoms with Gasteiger partial charge in [-0.2, -0.15) is 0 Å². The summed E-state index contributed by atoms with van der Waals surface area (Å²) >= 11 is 0. The molecule has 0 bridgehead atoms. The monoisotopic (exact) mass is 235 g/mol. The van der Waals surface area contributed by atoms with Crippen molar-refractivity contribution in [3.8, 4) is 0 Å². The molecule has 1 amide bonds. The first-order chi connectivity index (χ1) is 7.91. The number of nitrogens with one attached hydrogen (secondary N) is 1. The van der Waals surface area contributed by atoms with E-state index in [9.17, 15) is 9.90 Å². The molecule has 0 aromatic carbocycles. The highest BCUT2D eigenvalue weighted by Crippen LogP contribution is 2.40. The number of carbonyl (C=O) groups excluding carboxylic acids is 1. The van der Waals surface area contributed by atoms with Crippen LogP contribution in [0, 0.1) is 5.41 Å². The molecule has 0 aliphatic heterocycles. The highest BCUT2D eigenvalue weighted by Gasteiger charge is 2.48. The van der Waals surface area contributed by atoms with Crippen molar-refractivity contribution in [1.29, 1.82) is 0 Å². The molecule has 5 heteroatoms. The maximum atomic E-state index is 11.9. The minimum Gasteiger partial charge on any atom is -0.397 e. The Morgan fingerprint density at radius 2 is 2.29 bits per heavy atom. The molecular weight excluding hydrogens is 218 g/mol. The van der Waals surface area contributed by atoms with E-state index in [1.165, 1.54) is 6.20 Å². The van der Waals surface area contributed by atoms with Crippen LogP contribution >= 0.6 is 0 Å². The van der Waals surface area contributed by atoms with Crippen LogP contribution in [0.25, 0.3) is 0 Å². The van der Waals surface area contributed by atoms with E-state index in [1.807, 2.05) is 13.8 Å². The van der Waals surface area contributed by atoms with Crippen molar-refractivity contribution in [2.24, 2.45) is 5.41 Å². The van der Waals surface area contributed by atoms with Crippen molar-refractivity contribution in [3.05, 3.63) is 24.0 Å². The number of rotatable bonds is 2. The second-order valence-corrected chi connectivity index (χ2v) is 5.08. The molecule has 1 aliphatic rings. The van der Waals surface area contributed by atoms with Gasteiger partial charge in [0.25, 0.3) is 5.91 Å². The fourth-order valence-corrected chi connectivity index (χ4v) is 1.92. The minimum atomic E-state index is -0.354. The maximum absolute atomic E-state index is 11.9. The molecule has 0 spiro atoms. The molecule has 5 nitrogen and oxygen atoms in total. The van der Waals surface area contributed by atoms with E-state index >= 15 is 0 Å². The number of aliphatic hydroxyl groups is 1. The molecule has 1 fully saturated rings. The van der Waals surface area contributed by atoms with Gasteiger partial charge in [0.05, 0.1) is 18.0 Å². The number of aliphatic hydroxyl groups excluding tert-OH is 1. The molecule has 1 heterocycles. The van der Waals surface area contributed by atoms with Crippen LogP contribution in [0.5, 0.6) is 0 Å². The summed E-state index contributed by atoms with van der Waals surface area (Å²) in [5.41, 5.74) is 6.10. The zero-order chi connectivity index (χ0) is 12.6. The second-order valence-electron chi connectivity index (χ2n) is 5.08. The van der Waals surface area contributed by atoms with Gasteiger partial charge in [-0.15, -0.1) is 0 Å². The number of hydrogen-bond donors (Lipinski definition) is 3. The minimum absolute atomic E-state index is 0.00986. The quantitative estimate of drug-likeness (QED) is 0.698. The van der Waals surface area contributed by atoms with Crippen LogP contribution in [-0.2, 0) is 0 Å². The molecule has 2 unspecified atom stereocenters. The third-order valence-corrected chi connectivity index (χ3v) is 3.54. The Bertz CT molecular complexity index is 428. The van der Waals surface area contributed by atoms with Crippen molar-refractivity contribution in [3.63, 3.8) is 0 Å². The van der Waals surface area contributed by atoms with E-state index in [4.69, 9.17) is 5.73 Å². The van der Waals surface area contributed by atoms with Gasteiger partial charge >= 0.3 is 0 Å². The Morgan fingerprint density at radius 1 is 1.59 bits per heavy atom. The SMILES string of the molecule is CC1(C)C(O)CC1NC(=O)c1ccc(N)cn1. The summed E-state index contributed by atoms with van der Waals surface area (Å²) in [6.45, 7) is 3.87. The number of carbonyl (C=O) groups is 1. The van der Waals surface area contributed by atoms with Crippen molar-refractivity contribution in [1.82, 2.24) is 10.3 Å². The highest BCUT2D eigenvalue weighted by molar-refractivity contribution is 5.92. The first-order valence-corrected chi connectivity index (χ1v) is 5.61. The normalized spacial score (nSPS) is 26.1. The molecule has 1 aromatic rings. The van der Waals surface area contributed by atoms with E-state index in [0.29, 0.717) is 17.8 Å². The molecule has 2 atom stereocenters. The van der Waals surface area contributed by atoms with Gasteiger partial charge < -0.3 is 16.2 Å². The lowest BCUT2D eigenvalue weighted by Gasteiger charge is -2.49. The summed E-state index contributed by atoms with van der Waals surface area (Å²) in [4.78, 5) is 15.8. The molecule has 92 valence electrons. The van der Waals surface area contributed by atoms with Crippen molar-refractivity contribution >= 4 is 11.6 Å². The van der Waals surface area contributed by atoms with Crippen LogP contribution < -0.4 is 11.1 Å². The highest BCUT2D eigenvalue weighted by atomic mass is 16.3. The lowest BCUT2D eigenvalue weighted by Crippen LogP contribution is -2.61. The van der Waals surface area contributed by atoms with E-state index in [1.54, 1.807) is 12.1 Å². The van der Waals surface area contributed by atoms with Gasteiger partial charge in [0.1, 0.15) is 5.69 Å². The van der Waals surface area contributed by atoms with Gasteiger partial charge in [0.15, 0.2) is 0 Å². The smallest absolute Gasteiger partial charge is 0.270 e. The van der Waals surface area contributed by atoms with Gasteiger partial charge in [-0.25, -0.2) is 4.98 Å². The Labute approximate surface area is 100 Å². The molecule has 1 saturated carbocycles. The van der Waals surface area contributed by atoms with Crippen LogP contribution in [-0.4, -0.2) is 28.1 Å². The van der Waals surface area contributed by atoms with E-state index < -0.39 is 0 Å². The Kier molecular flexibility index (Phi) is 2.79. The maximum Gasteiger partial charge on any atom is 0.270 e. The van der Waals surface area contributed by atoms with Gasteiger partial charge in [-0.1, -0.05) is 13.8 Å². The average Bonchev–Trinajstić information content (AvgIpc) is 2.29. The number of amides is 1. The van der Waals surface area contributed by atoms with Crippen molar-refractivity contribution < 1.29 is 9.90 Å². The molecule has 2 rings (SSSR count). The Hall–Kier alpha value is -1.62. The molecular formula is C12H17N3O2. The number of pyridine rings is 1. The number of hydrogen-bond acceptors (Lipinski definition) is 4. The zero-order valence-corrected chi connectivity index (χ0v) is 9.97. The summed E-state index contributed by atoms with van der Waals surface area (Å²) in [6, 6.07) is 3.22. The fraction of sp³-hybridized carbons (Fsp3) is 0.500. The summed E-state index contributed by atoms with van der Waals surface area (Å²) in [6.07, 6.45) is 1.69. The molecule has 1 aromatic heterocycles.